The molecule has 4 rings (SSSR count). The Morgan fingerprint density at radius 1 is 1.03 bits per heavy atom. The molecule has 1 N–H and O–H groups in total. The minimum Gasteiger partial charge on any atom is -0.495 e. The first-order chi connectivity index (χ1) is 15.8. The first-order valence-electron chi connectivity index (χ1n) is 11.4. The molecule has 176 valence electrons. The smallest absolute Gasteiger partial charge is 0.244 e. The van der Waals surface area contributed by atoms with Crippen molar-refractivity contribution in [2.75, 3.05) is 13.7 Å². The van der Waals surface area contributed by atoms with E-state index < -0.39 is 10.0 Å². The molecule has 3 atom stereocenters. The lowest BCUT2D eigenvalue weighted by Crippen LogP contribution is -2.31. The third kappa shape index (κ3) is 4.82. The molecular weight excluding hydrogens is 440 g/mol. The molecule has 0 radical (unpaired) electrons. The number of ether oxygens (including phenoxy) is 1. The van der Waals surface area contributed by atoms with E-state index in [1.165, 1.54) is 18.1 Å². The maximum atomic E-state index is 13.1. The highest BCUT2D eigenvalue weighted by Crippen LogP contribution is 2.39. The number of carbonyl (C=O) groups is 2. The molecule has 2 aliphatic rings. The number of likely N-dealkylation sites (tertiary alicyclic amines) is 1. The topological polar surface area (TPSA) is 92.8 Å². The van der Waals surface area contributed by atoms with Crippen LogP contribution in [0.5, 0.6) is 5.75 Å². The molecule has 1 aliphatic heterocycles. The van der Waals surface area contributed by atoms with Gasteiger partial charge in [-0.2, -0.15) is 0 Å². The van der Waals surface area contributed by atoms with Crippen molar-refractivity contribution < 1.29 is 22.7 Å². The first-order valence-corrected chi connectivity index (χ1v) is 12.9. The summed E-state index contributed by atoms with van der Waals surface area (Å²) in [5.74, 6) is -0.535. The number of sulfonamides is 1. The van der Waals surface area contributed by atoms with Gasteiger partial charge in [0, 0.05) is 6.54 Å². The van der Waals surface area contributed by atoms with Gasteiger partial charge in [-0.3, -0.25) is 14.5 Å². The van der Waals surface area contributed by atoms with Gasteiger partial charge in [-0.15, -0.1) is 0 Å². The summed E-state index contributed by atoms with van der Waals surface area (Å²) < 4.78 is 34.2. The summed E-state index contributed by atoms with van der Waals surface area (Å²) in [6.45, 7) is 2.25. The number of hydrogen-bond acceptors (Lipinski definition) is 5. The van der Waals surface area contributed by atoms with E-state index in [0.29, 0.717) is 5.56 Å². The normalized spacial score (nSPS) is 21.7. The lowest BCUT2D eigenvalue weighted by Gasteiger charge is -2.19. The molecule has 2 fully saturated rings. The Hall–Kier alpha value is -2.71. The molecule has 2 amide bonds. The summed E-state index contributed by atoms with van der Waals surface area (Å²) in [5, 5.41) is 0. The second-order valence-corrected chi connectivity index (χ2v) is 10.6. The fourth-order valence-electron chi connectivity index (χ4n) is 4.81. The second kappa shape index (κ2) is 9.65. The number of nitrogens with zero attached hydrogens (tertiary/aromatic N) is 1. The maximum Gasteiger partial charge on any atom is 0.244 e. The lowest BCUT2D eigenvalue weighted by molar-refractivity contribution is -0.140. The SMILES string of the molecule is COc1ccc(CN2C(=O)C3CCCCC3C2=O)cc1S(=O)(=O)NCC(C)c1ccccc1. The number of carbonyl (C=O) groups excluding carboxylic acids is 2. The molecule has 33 heavy (non-hydrogen) atoms. The Labute approximate surface area is 195 Å². The van der Waals surface area contributed by atoms with Crippen molar-refractivity contribution in [1.29, 1.82) is 0 Å². The van der Waals surface area contributed by atoms with E-state index in [1.807, 2.05) is 37.3 Å². The van der Waals surface area contributed by atoms with Crippen molar-refractivity contribution in [3.8, 4) is 5.75 Å². The van der Waals surface area contributed by atoms with Gasteiger partial charge in [0.05, 0.1) is 25.5 Å². The van der Waals surface area contributed by atoms with E-state index >= 15 is 0 Å². The molecule has 2 aromatic rings. The quantitative estimate of drug-likeness (QED) is 0.597. The van der Waals surface area contributed by atoms with Crippen LogP contribution in [0, 0.1) is 11.8 Å². The number of fused-ring (bicyclic) bond motifs is 1. The third-order valence-corrected chi connectivity index (χ3v) is 8.18. The zero-order valence-electron chi connectivity index (χ0n) is 19.0. The monoisotopic (exact) mass is 470 g/mol. The van der Waals surface area contributed by atoms with E-state index in [1.54, 1.807) is 12.1 Å². The van der Waals surface area contributed by atoms with Gasteiger partial charge in [-0.1, -0.05) is 56.2 Å². The third-order valence-electron chi connectivity index (χ3n) is 6.74. The first kappa shape index (κ1) is 23.4. The fourth-order valence-corrected chi connectivity index (χ4v) is 6.16. The number of benzene rings is 2. The summed E-state index contributed by atoms with van der Waals surface area (Å²) in [7, 11) is -2.46. The minimum absolute atomic E-state index is 0.000673. The molecule has 0 spiro atoms. The van der Waals surface area contributed by atoms with Crippen LogP contribution in [-0.4, -0.2) is 38.8 Å². The fraction of sp³-hybridized carbons (Fsp3) is 0.440. The van der Waals surface area contributed by atoms with Gasteiger partial charge in [-0.05, 0) is 42.0 Å². The highest BCUT2D eigenvalue weighted by molar-refractivity contribution is 7.89. The van der Waals surface area contributed by atoms with Crippen LogP contribution >= 0.6 is 0 Å². The Kier molecular flexibility index (Phi) is 6.86. The lowest BCUT2D eigenvalue weighted by atomic mass is 9.81. The van der Waals surface area contributed by atoms with Crippen LogP contribution in [0.4, 0.5) is 0 Å². The Bertz CT molecular complexity index is 1110. The number of nitrogens with one attached hydrogen (secondary N) is 1. The number of methoxy groups -OCH3 is 1. The molecule has 2 aromatic carbocycles. The minimum atomic E-state index is -3.87. The molecule has 0 bridgehead atoms. The Morgan fingerprint density at radius 2 is 1.67 bits per heavy atom. The van der Waals surface area contributed by atoms with Crippen LogP contribution in [0.2, 0.25) is 0 Å². The van der Waals surface area contributed by atoms with Crippen molar-refractivity contribution >= 4 is 21.8 Å². The van der Waals surface area contributed by atoms with Gasteiger partial charge in [-0.25, -0.2) is 13.1 Å². The Morgan fingerprint density at radius 3 is 2.27 bits per heavy atom. The molecule has 1 saturated heterocycles. The van der Waals surface area contributed by atoms with Crippen LogP contribution in [0.15, 0.2) is 53.4 Å². The number of hydrogen-bond donors (Lipinski definition) is 1. The number of amides is 2. The van der Waals surface area contributed by atoms with Gasteiger partial charge >= 0.3 is 0 Å². The van der Waals surface area contributed by atoms with Crippen LogP contribution < -0.4 is 9.46 Å². The molecule has 1 saturated carbocycles. The van der Waals surface area contributed by atoms with Crippen LogP contribution in [0.1, 0.15) is 49.7 Å². The van der Waals surface area contributed by atoms with Gasteiger partial charge in [0.2, 0.25) is 21.8 Å². The van der Waals surface area contributed by atoms with Gasteiger partial charge < -0.3 is 4.74 Å². The highest BCUT2D eigenvalue weighted by Gasteiger charge is 2.47. The highest BCUT2D eigenvalue weighted by atomic mass is 32.2. The molecule has 7 nitrogen and oxygen atoms in total. The average molecular weight is 471 g/mol. The summed E-state index contributed by atoms with van der Waals surface area (Å²) in [6.07, 6.45) is 3.42. The molecule has 0 aromatic heterocycles. The molecular formula is C25H30N2O5S. The maximum absolute atomic E-state index is 13.1. The van der Waals surface area contributed by atoms with Crippen molar-refractivity contribution in [2.24, 2.45) is 11.8 Å². The summed E-state index contributed by atoms with van der Waals surface area (Å²) in [6, 6.07) is 14.4. The summed E-state index contributed by atoms with van der Waals surface area (Å²) in [4.78, 5) is 26.9. The predicted octanol–water partition coefficient (Wildman–Crippen LogP) is 3.45. The van der Waals surface area contributed by atoms with Crippen molar-refractivity contribution in [3.63, 3.8) is 0 Å². The van der Waals surface area contributed by atoms with E-state index in [9.17, 15) is 18.0 Å². The van der Waals surface area contributed by atoms with Crippen LogP contribution in [-0.2, 0) is 26.2 Å². The zero-order chi connectivity index (χ0) is 23.6. The van der Waals surface area contributed by atoms with Crippen molar-refractivity contribution in [1.82, 2.24) is 9.62 Å². The number of imide groups is 1. The summed E-state index contributed by atoms with van der Waals surface area (Å²) in [5.41, 5.74) is 1.61. The number of rotatable bonds is 8. The largest absolute Gasteiger partial charge is 0.495 e. The molecule has 3 unspecified atom stereocenters. The second-order valence-electron chi connectivity index (χ2n) is 8.91. The van der Waals surface area contributed by atoms with Gasteiger partial charge in [0.1, 0.15) is 10.6 Å². The van der Waals surface area contributed by atoms with Gasteiger partial charge in [0.25, 0.3) is 0 Å². The van der Waals surface area contributed by atoms with Gasteiger partial charge in [0.15, 0.2) is 0 Å². The van der Waals surface area contributed by atoms with Crippen molar-refractivity contribution in [3.05, 3.63) is 59.7 Å². The predicted molar refractivity (Wildman–Crippen MR) is 124 cm³/mol. The standard InChI is InChI=1S/C25H30N2O5S/c1-17(19-8-4-3-5-9-19)15-26-33(30,31)23-14-18(12-13-22(23)32-2)16-27-24(28)20-10-6-7-11-21(20)25(27)29/h3-5,8-9,12-14,17,20-21,26H,6-7,10-11,15-16H2,1-2H3. The molecule has 8 heteroatoms. The summed E-state index contributed by atoms with van der Waals surface area (Å²) >= 11 is 0. The molecule has 1 heterocycles. The molecule has 1 aliphatic carbocycles. The van der Waals surface area contributed by atoms with E-state index in [-0.39, 0.29) is 53.3 Å². The van der Waals surface area contributed by atoms with Crippen LogP contribution in [0.3, 0.4) is 0 Å². The van der Waals surface area contributed by atoms with Crippen LogP contribution in [0.25, 0.3) is 0 Å². The van der Waals surface area contributed by atoms with E-state index in [2.05, 4.69) is 4.72 Å². The van der Waals surface area contributed by atoms with E-state index in [4.69, 9.17) is 4.74 Å². The van der Waals surface area contributed by atoms with E-state index in [0.717, 1.165) is 31.2 Å². The van der Waals surface area contributed by atoms with Crippen molar-refractivity contribution in [2.45, 2.75) is 50.0 Å². The zero-order valence-corrected chi connectivity index (χ0v) is 19.8. The Balaban J connectivity index is 1.53. The average Bonchev–Trinajstić information content (AvgIpc) is 3.08.